The first-order valence-corrected chi connectivity index (χ1v) is 6.45. The zero-order chi connectivity index (χ0) is 14.5. The summed E-state index contributed by atoms with van der Waals surface area (Å²) >= 11 is 0. The van der Waals surface area contributed by atoms with Gasteiger partial charge in [-0.15, -0.1) is 0 Å². The third-order valence-electron chi connectivity index (χ3n) is 3.07. The number of nitrogen functional groups attached to an aromatic ring is 1. The van der Waals surface area contributed by atoms with Crippen LogP contribution in [0.1, 0.15) is 29.0 Å². The molecule has 2 aromatic rings. The van der Waals surface area contributed by atoms with Crippen LogP contribution in [-0.4, -0.2) is 27.4 Å². The van der Waals surface area contributed by atoms with E-state index < -0.39 is 6.04 Å². The number of aliphatic hydroxyl groups is 1. The molecule has 0 unspecified atom stereocenters. The Hall–Kier alpha value is -2.34. The molecular formula is C14H18N4O2. The summed E-state index contributed by atoms with van der Waals surface area (Å²) in [6.45, 7) is 2.24. The Kier molecular flexibility index (Phi) is 4.37. The van der Waals surface area contributed by atoms with Crippen LogP contribution in [0.4, 0.5) is 5.69 Å². The maximum absolute atomic E-state index is 12.3. The first-order valence-electron chi connectivity index (χ1n) is 6.45. The molecule has 0 aliphatic heterocycles. The van der Waals surface area contributed by atoms with Gasteiger partial charge in [-0.3, -0.25) is 9.48 Å². The lowest BCUT2D eigenvalue weighted by Gasteiger charge is -2.17. The molecule has 1 amide bonds. The fraction of sp³-hybridized carbons (Fsp3) is 0.286. The summed E-state index contributed by atoms with van der Waals surface area (Å²) in [7, 11) is 0. The van der Waals surface area contributed by atoms with Crippen LogP contribution >= 0.6 is 0 Å². The molecule has 0 aliphatic rings. The molecule has 0 radical (unpaired) electrons. The number of carbonyl (C=O) groups excluding carboxylic acids is 1. The summed E-state index contributed by atoms with van der Waals surface area (Å²) < 4.78 is 1.53. The highest BCUT2D eigenvalue weighted by molar-refractivity contribution is 5.97. The van der Waals surface area contributed by atoms with Crippen LogP contribution in [-0.2, 0) is 6.54 Å². The third-order valence-corrected chi connectivity index (χ3v) is 3.07. The number of hydrogen-bond acceptors (Lipinski definition) is 4. The Morgan fingerprint density at radius 1 is 1.45 bits per heavy atom. The number of anilines is 1. The van der Waals surface area contributed by atoms with Gasteiger partial charge in [0.1, 0.15) is 5.69 Å². The average molecular weight is 274 g/mol. The van der Waals surface area contributed by atoms with Gasteiger partial charge in [0.05, 0.1) is 24.5 Å². The third kappa shape index (κ3) is 2.80. The van der Waals surface area contributed by atoms with Gasteiger partial charge in [-0.05, 0) is 12.5 Å². The molecular weight excluding hydrogens is 256 g/mol. The molecule has 0 spiro atoms. The van der Waals surface area contributed by atoms with Crippen molar-refractivity contribution in [3.63, 3.8) is 0 Å². The molecule has 0 saturated carbocycles. The van der Waals surface area contributed by atoms with Gasteiger partial charge in [0, 0.05) is 6.54 Å². The number of aryl methyl sites for hydroxylation is 1. The van der Waals surface area contributed by atoms with E-state index in [0.29, 0.717) is 17.9 Å². The van der Waals surface area contributed by atoms with Crippen LogP contribution in [0.25, 0.3) is 0 Å². The number of nitrogens with one attached hydrogen (secondary N) is 1. The second-order valence-electron chi connectivity index (χ2n) is 4.38. The molecule has 106 valence electrons. The van der Waals surface area contributed by atoms with E-state index in [1.54, 1.807) is 0 Å². The molecule has 4 N–H and O–H groups in total. The minimum atomic E-state index is -0.469. The first-order chi connectivity index (χ1) is 9.67. The predicted molar refractivity (Wildman–Crippen MR) is 76.0 cm³/mol. The smallest absolute Gasteiger partial charge is 0.272 e. The number of aliphatic hydroxyl groups excluding tert-OH is 1. The van der Waals surface area contributed by atoms with Crippen molar-refractivity contribution in [1.82, 2.24) is 15.1 Å². The fourth-order valence-electron chi connectivity index (χ4n) is 2.03. The second-order valence-corrected chi connectivity index (χ2v) is 4.38. The maximum Gasteiger partial charge on any atom is 0.272 e. The Labute approximate surface area is 117 Å². The highest BCUT2D eigenvalue weighted by Crippen LogP contribution is 2.15. The lowest BCUT2D eigenvalue weighted by Crippen LogP contribution is -2.32. The summed E-state index contributed by atoms with van der Waals surface area (Å²) in [5, 5.41) is 16.3. The highest BCUT2D eigenvalue weighted by atomic mass is 16.3. The van der Waals surface area contributed by atoms with Crippen LogP contribution in [0.2, 0.25) is 0 Å². The number of nitrogens with zero attached hydrogens (tertiary/aromatic N) is 2. The summed E-state index contributed by atoms with van der Waals surface area (Å²) in [5.74, 6) is -0.343. The van der Waals surface area contributed by atoms with Gasteiger partial charge in [0.25, 0.3) is 5.91 Å². The standard InChI is InChI=1S/C14H18N4O2/c1-2-18-13(11(15)8-16-18)14(20)17-12(9-19)10-6-4-3-5-7-10/h3-8,12,19H,2,9,15H2,1H3,(H,17,20)/t12-/m0/s1. The minimum absolute atomic E-state index is 0.185. The lowest BCUT2D eigenvalue weighted by atomic mass is 10.1. The fourth-order valence-corrected chi connectivity index (χ4v) is 2.03. The summed E-state index contributed by atoms with van der Waals surface area (Å²) in [4.78, 5) is 12.3. The molecule has 6 heteroatoms. The van der Waals surface area contributed by atoms with Gasteiger partial charge in [-0.1, -0.05) is 30.3 Å². The van der Waals surface area contributed by atoms with Crippen LogP contribution in [0.3, 0.4) is 0 Å². The molecule has 1 aromatic carbocycles. The van der Waals surface area contributed by atoms with E-state index in [1.165, 1.54) is 10.9 Å². The van der Waals surface area contributed by atoms with Crippen LogP contribution in [0.5, 0.6) is 0 Å². The van der Waals surface area contributed by atoms with Crippen molar-refractivity contribution in [2.75, 3.05) is 12.3 Å². The molecule has 1 aromatic heterocycles. The van der Waals surface area contributed by atoms with E-state index in [9.17, 15) is 9.90 Å². The predicted octanol–water partition coefficient (Wildman–Crippen LogP) is 0.949. The topological polar surface area (TPSA) is 93.2 Å². The van der Waals surface area contributed by atoms with Crippen molar-refractivity contribution in [2.45, 2.75) is 19.5 Å². The molecule has 0 saturated heterocycles. The van der Waals surface area contributed by atoms with Crippen LogP contribution in [0.15, 0.2) is 36.5 Å². The largest absolute Gasteiger partial charge is 0.396 e. The second kappa shape index (κ2) is 6.21. The molecule has 2 rings (SSSR count). The van der Waals surface area contributed by atoms with Gasteiger partial charge < -0.3 is 16.2 Å². The average Bonchev–Trinajstić information content (AvgIpc) is 2.86. The summed E-state index contributed by atoms with van der Waals surface area (Å²) in [6.07, 6.45) is 1.45. The van der Waals surface area contributed by atoms with Gasteiger partial charge in [0.15, 0.2) is 0 Å². The molecule has 20 heavy (non-hydrogen) atoms. The van der Waals surface area contributed by atoms with Gasteiger partial charge in [0.2, 0.25) is 0 Å². The SMILES string of the molecule is CCn1ncc(N)c1C(=O)N[C@@H](CO)c1ccccc1. The monoisotopic (exact) mass is 274 g/mol. The Bertz CT molecular complexity index is 580. The van der Waals surface area contributed by atoms with Crippen molar-refractivity contribution < 1.29 is 9.90 Å². The van der Waals surface area contributed by atoms with Crippen molar-refractivity contribution in [3.8, 4) is 0 Å². The van der Waals surface area contributed by atoms with E-state index in [1.807, 2.05) is 37.3 Å². The van der Waals surface area contributed by atoms with E-state index in [2.05, 4.69) is 10.4 Å². The highest BCUT2D eigenvalue weighted by Gasteiger charge is 2.20. The number of nitrogens with two attached hydrogens (primary N) is 1. The Morgan fingerprint density at radius 3 is 2.75 bits per heavy atom. The molecule has 0 bridgehead atoms. The minimum Gasteiger partial charge on any atom is -0.396 e. The zero-order valence-corrected chi connectivity index (χ0v) is 11.3. The number of carbonyl (C=O) groups is 1. The summed E-state index contributed by atoms with van der Waals surface area (Å²) in [6, 6.07) is 8.82. The van der Waals surface area contributed by atoms with Crippen molar-refractivity contribution in [1.29, 1.82) is 0 Å². The number of rotatable bonds is 5. The molecule has 1 atom stereocenters. The molecule has 1 heterocycles. The number of aromatic nitrogens is 2. The Balaban J connectivity index is 2.20. The van der Waals surface area contributed by atoms with E-state index >= 15 is 0 Å². The van der Waals surface area contributed by atoms with Gasteiger partial charge in [-0.25, -0.2) is 0 Å². The summed E-state index contributed by atoms with van der Waals surface area (Å²) in [5.41, 5.74) is 7.25. The number of benzene rings is 1. The first kappa shape index (κ1) is 14.1. The van der Waals surface area contributed by atoms with E-state index in [4.69, 9.17) is 5.73 Å². The van der Waals surface area contributed by atoms with Crippen LogP contribution < -0.4 is 11.1 Å². The maximum atomic E-state index is 12.3. The van der Waals surface area contributed by atoms with E-state index in [0.717, 1.165) is 5.56 Å². The van der Waals surface area contributed by atoms with E-state index in [-0.39, 0.29) is 12.5 Å². The normalized spacial score (nSPS) is 12.1. The molecule has 0 aliphatic carbocycles. The lowest BCUT2D eigenvalue weighted by molar-refractivity contribution is 0.0906. The zero-order valence-electron chi connectivity index (χ0n) is 11.3. The molecule has 0 fully saturated rings. The molecule has 6 nitrogen and oxygen atoms in total. The quantitative estimate of drug-likeness (QED) is 0.756. The van der Waals surface area contributed by atoms with Gasteiger partial charge >= 0.3 is 0 Å². The number of hydrogen-bond donors (Lipinski definition) is 3. The van der Waals surface area contributed by atoms with Crippen molar-refractivity contribution >= 4 is 11.6 Å². The van der Waals surface area contributed by atoms with Crippen molar-refractivity contribution in [3.05, 3.63) is 47.8 Å². The van der Waals surface area contributed by atoms with Gasteiger partial charge in [-0.2, -0.15) is 5.10 Å². The Morgan fingerprint density at radius 2 is 2.15 bits per heavy atom. The van der Waals surface area contributed by atoms with Crippen LogP contribution in [0, 0.1) is 0 Å². The number of amides is 1. The van der Waals surface area contributed by atoms with Crippen molar-refractivity contribution in [2.24, 2.45) is 0 Å².